The van der Waals surface area contributed by atoms with Gasteiger partial charge in [-0.05, 0) is 155 Å². The number of amides is 2. The van der Waals surface area contributed by atoms with E-state index >= 15 is 0 Å². The molecule has 10 rings (SSSR count). The maximum atomic E-state index is 14.8. The van der Waals surface area contributed by atoms with Gasteiger partial charge >= 0.3 is 11.9 Å². The number of rotatable bonds is 37. The monoisotopic (exact) mass is 1760 g/mol. The zero-order chi connectivity index (χ0) is 90.2. The third-order valence-corrected chi connectivity index (χ3v) is 24.6. The van der Waals surface area contributed by atoms with Crippen molar-refractivity contribution in [1.82, 2.24) is 34.5 Å². The lowest BCUT2D eigenvalue weighted by Crippen LogP contribution is -2.61. The lowest BCUT2D eigenvalue weighted by molar-refractivity contribution is -0.265. The largest absolute Gasteiger partial charge is 0.460 e. The number of benzene rings is 2. The van der Waals surface area contributed by atoms with Gasteiger partial charge in [-0.2, -0.15) is 10.1 Å². The number of methoxy groups -OCH3 is 3. The van der Waals surface area contributed by atoms with Crippen LogP contribution in [-0.2, 0) is 115 Å². The molecule has 33 nitrogen and oxygen atoms in total. The summed E-state index contributed by atoms with van der Waals surface area (Å²) in [6, 6.07) is 10.7. The third kappa shape index (κ3) is 28.8. The zero-order valence-electron chi connectivity index (χ0n) is 75.1. The average Bonchev–Trinajstić information content (AvgIpc) is 1.59. The highest BCUT2D eigenvalue weighted by Crippen LogP contribution is 2.40. The van der Waals surface area contributed by atoms with E-state index < -0.39 is 96.1 Å². The van der Waals surface area contributed by atoms with Gasteiger partial charge in [-0.3, -0.25) is 24.0 Å². The summed E-state index contributed by atoms with van der Waals surface area (Å²) in [5.74, 6) is -7.98. The number of allylic oxidation sites excluding steroid dienone is 5. The molecule has 5 aliphatic rings. The van der Waals surface area contributed by atoms with Crippen LogP contribution in [0.1, 0.15) is 155 Å². The molecule has 2 aromatic carbocycles. The number of esters is 2. The number of aliphatic hydroxyl groups excluding tert-OH is 2. The minimum Gasteiger partial charge on any atom is -0.460 e. The van der Waals surface area contributed by atoms with Crippen molar-refractivity contribution in [3.05, 3.63) is 107 Å². The summed E-state index contributed by atoms with van der Waals surface area (Å²) in [5, 5.41) is 41.5. The summed E-state index contributed by atoms with van der Waals surface area (Å²) in [5.41, 5.74) is 19.9. The van der Waals surface area contributed by atoms with Gasteiger partial charge < -0.3 is 107 Å². The van der Waals surface area contributed by atoms with E-state index in [1.807, 2.05) is 85.9 Å². The van der Waals surface area contributed by atoms with Crippen molar-refractivity contribution in [2.75, 3.05) is 152 Å². The predicted octanol–water partition coefficient (Wildman–Crippen LogP) is 9.18. The van der Waals surface area contributed by atoms with E-state index in [9.17, 15) is 44.1 Å². The Balaban J connectivity index is 0.558. The highest BCUT2D eigenvalue weighted by atomic mass is 16.6. The number of piperidine rings is 1. The van der Waals surface area contributed by atoms with E-state index in [0.29, 0.717) is 228 Å². The maximum Gasteiger partial charge on any atom is 0.329 e. The Morgan fingerprint density at radius 1 is 0.698 bits per heavy atom. The number of nitrogens with zero attached hydrogens (tertiary/aromatic N) is 7. The van der Waals surface area contributed by atoms with Crippen LogP contribution in [0.15, 0.2) is 94.7 Å². The number of anilines is 2. The Labute approximate surface area is 739 Å². The van der Waals surface area contributed by atoms with Crippen LogP contribution in [0.3, 0.4) is 0 Å². The van der Waals surface area contributed by atoms with Gasteiger partial charge in [-0.15, -0.1) is 0 Å². The molecular formula is C93H135N9O24. The number of ether oxygens (including phenoxy) is 14. The molecule has 696 valence electrons. The molecule has 7 N–H and O–H groups in total. The first-order chi connectivity index (χ1) is 60.8. The number of aromatic nitrogens is 5. The van der Waals surface area contributed by atoms with Crippen molar-refractivity contribution in [2.45, 2.75) is 219 Å². The Morgan fingerprint density at radius 2 is 1.38 bits per heavy atom. The molecule has 3 fully saturated rings. The van der Waals surface area contributed by atoms with Crippen LogP contribution in [-0.4, -0.2) is 286 Å². The average molecular weight is 1760 g/mol. The smallest absolute Gasteiger partial charge is 0.329 e. The zero-order valence-corrected chi connectivity index (χ0v) is 75.1. The molecular weight excluding hydrogens is 1630 g/mol. The molecule has 33 heteroatoms. The summed E-state index contributed by atoms with van der Waals surface area (Å²) in [6.07, 6.45) is 12.5. The number of aliphatic hydroxyl groups is 3. The number of hydrogen-bond acceptors (Lipinski definition) is 30. The summed E-state index contributed by atoms with van der Waals surface area (Å²) in [7, 11) is 4.54. The highest BCUT2D eigenvalue weighted by molar-refractivity contribution is 6.39. The van der Waals surface area contributed by atoms with E-state index in [-0.39, 0.29) is 80.4 Å². The lowest BCUT2D eigenvalue weighted by Gasteiger charge is -2.43. The summed E-state index contributed by atoms with van der Waals surface area (Å²) in [6.45, 7) is 19.9. The Kier molecular flexibility index (Phi) is 40.0. The van der Waals surface area contributed by atoms with Gasteiger partial charge in [0.05, 0.1) is 129 Å². The Hall–Kier alpha value is -8.36. The number of carbonyl (C=O) groups is 6. The topological polar surface area (TPSA) is 420 Å². The molecule has 0 unspecified atom stereocenters. The van der Waals surface area contributed by atoms with Crippen LogP contribution < -0.4 is 11.5 Å². The number of ketones is 2. The number of oxazole rings is 1. The van der Waals surface area contributed by atoms with Gasteiger partial charge in [-0.25, -0.2) is 19.4 Å². The van der Waals surface area contributed by atoms with Crippen LogP contribution in [0.25, 0.3) is 33.4 Å². The number of nitrogens with two attached hydrogens (primary N) is 2. The minimum absolute atomic E-state index is 0.00568. The van der Waals surface area contributed by atoms with Gasteiger partial charge in [0.1, 0.15) is 60.4 Å². The normalized spacial score (nSPS) is 27.7. The number of fused-ring (bicyclic) bond motifs is 6. The van der Waals surface area contributed by atoms with E-state index in [1.54, 1.807) is 47.1 Å². The van der Waals surface area contributed by atoms with E-state index in [2.05, 4.69) is 27.1 Å². The number of carbonyl (C=O) groups excluding carboxylic acids is 6. The van der Waals surface area contributed by atoms with Gasteiger partial charge in [0, 0.05) is 90.2 Å². The molecule has 0 radical (unpaired) electrons. The first kappa shape index (κ1) is 99.8. The molecule has 5 aromatic rings. The maximum absolute atomic E-state index is 14.8. The molecule has 1 aliphatic carbocycles. The van der Waals surface area contributed by atoms with Crippen molar-refractivity contribution in [1.29, 1.82) is 0 Å². The Bertz CT molecular complexity index is 4440. The molecule has 2 amide bonds. The first-order valence-electron chi connectivity index (χ1n) is 44.7. The van der Waals surface area contributed by atoms with Gasteiger partial charge in [-0.1, -0.05) is 89.3 Å². The van der Waals surface area contributed by atoms with Crippen molar-refractivity contribution >= 4 is 69.3 Å². The number of hydrogen-bond donors (Lipinski definition) is 5. The molecule has 7 heterocycles. The van der Waals surface area contributed by atoms with Crippen LogP contribution in [0.5, 0.6) is 0 Å². The number of nitrogen functional groups attached to an aromatic ring is 2. The molecule has 2 bridgehead atoms. The van der Waals surface area contributed by atoms with E-state index in [4.69, 9.17) is 87.3 Å². The SMILES string of the molecule is CO[C@H]1C[C@@H]2CC[C@@H](C)[C@@](O)(O2)C(=O)C(=O)N2CCCC[C@H]2C(=O)O[C@H]([C@H](C)C[C@@H]2CC[C@@H](OC(=O)CCCOCCOCCOCCOCCOCCOCCOCCOCC(=O)N3CCc4cc(Cn5nc(-c6ccc7oc(N)nc7c6)c6c(N)ncnc65)ccc4C3)[C@H](OC)C2)C[C@@H](O)[C@H](C)/C=C(\C)[C@@H](O)[C@@H](OC)C(=O)[C@H](C)C[C@H](C)/C=C/C=C/C=C/1C. The first-order valence-corrected chi connectivity index (χ1v) is 44.7. The van der Waals surface area contributed by atoms with Crippen molar-refractivity contribution in [3.63, 3.8) is 0 Å². The van der Waals surface area contributed by atoms with Gasteiger partial charge in [0.2, 0.25) is 11.7 Å². The third-order valence-electron chi connectivity index (χ3n) is 24.6. The summed E-state index contributed by atoms with van der Waals surface area (Å²) < 4.78 is 88.7. The van der Waals surface area contributed by atoms with E-state index in [0.717, 1.165) is 22.3 Å². The van der Waals surface area contributed by atoms with Crippen LogP contribution in [0, 0.1) is 35.5 Å². The minimum atomic E-state index is -2.47. The Morgan fingerprint density at radius 3 is 2.06 bits per heavy atom. The molecule has 16 atom stereocenters. The van der Waals surface area contributed by atoms with Crippen molar-refractivity contribution in [3.8, 4) is 11.3 Å². The van der Waals surface area contributed by atoms with Crippen LogP contribution >= 0.6 is 0 Å². The molecule has 4 aliphatic heterocycles. The molecule has 3 aromatic heterocycles. The van der Waals surface area contributed by atoms with Crippen LogP contribution in [0.2, 0.25) is 0 Å². The molecule has 1 saturated carbocycles. The summed E-state index contributed by atoms with van der Waals surface area (Å²) in [4.78, 5) is 100. The number of Topliss-reactive ketones (excluding diaryl/α,β-unsaturated/α-hetero) is 2. The molecule has 0 spiro atoms. The molecule has 2 saturated heterocycles. The predicted molar refractivity (Wildman–Crippen MR) is 468 cm³/mol. The summed E-state index contributed by atoms with van der Waals surface area (Å²) >= 11 is 0. The fourth-order valence-electron chi connectivity index (χ4n) is 17.2. The van der Waals surface area contributed by atoms with Crippen molar-refractivity contribution < 1.29 is 115 Å². The molecule has 126 heavy (non-hydrogen) atoms. The lowest BCUT2D eigenvalue weighted by atomic mass is 9.78. The second-order valence-corrected chi connectivity index (χ2v) is 34.1. The fourth-order valence-corrected chi connectivity index (χ4v) is 17.2. The fraction of sp³-hybridized carbons (Fsp3) is 0.656. The van der Waals surface area contributed by atoms with Crippen molar-refractivity contribution in [2.24, 2.45) is 35.5 Å². The van der Waals surface area contributed by atoms with Gasteiger partial charge in [0.15, 0.2) is 17.0 Å². The second kappa shape index (κ2) is 50.6. The van der Waals surface area contributed by atoms with Crippen LogP contribution in [0.4, 0.5) is 11.8 Å². The number of cyclic esters (lactones) is 1. The second-order valence-electron chi connectivity index (χ2n) is 34.1. The van der Waals surface area contributed by atoms with E-state index in [1.165, 1.54) is 23.9 Å². The standard InChI is InChI=1S/C93H135N9O24/c1-59-17-12-11-13-18-60(2)77(112-8)53-71-26-21-65(7)93(111,126-71)87(108)90(109)101-30-15-14-19-73(101)91(110)124-78(54-74(103)61(3)48-64(6)85(107)86(114-10)84(106)63(5)47-59)62(4)49-66-23-27-76(79(51-66)113-9)123-81(105)20-16-32-115-33-34-116-35-36-117-37-38-118-39-40-119-41-42-120-43-44-121-45-46-122-57-80(104)100-31-29-68-50-67(22-24-70(68)56-100)55-102-89-82(88(94)96-58-97-89)83(99-102)69-25-28-75-72(52-69)98-92(95)125-75/h11-13,17-18,22,24-25,28,48,50,52,58-59,61-63,65-66,71,73-74,76-79,85-86,103,107,111H,14-16,19-21,23,26-27,29-47,49,51,53-57H2,1-10H3,(H2,95,98)(H2,94,96,97)/b13-11+,17-12+,60-18+,64-48+/t59-,61-,62-,63-,65-,66+,71+,73+,74-,76-,77+,78+,79-,85-,86+,93-/m1/s1. The van der Waals surface area contributed by atoms with Gasteiger partial charge in [0.25, 0.3) is 17.7 Å². The highest BCUT2D eigenvalue weighted by Gasteiger charge is 2.53. The quantitative estimate of drug-likeness (QED) is 0.0107.